The van der Waals surface area contributed by atoms with Gasteiger partial charge in [-0.2, -0.15) is 13.2 Å². The van der Waals surface area contributed by atoms with Gasteiger partial charge in [-0.05, 0) is 55.5 Å². The fourth-order valence-corrected chi connectivity index (χ4v) is 4.60. The Morgan fingerprint density at radius 1 is 1.15 bits per heavy atom. The molecule has 2 atom stereocenters. The second-order valence-corrected chi connectivity index (χ2v) is 9.91. The van der Waals surface area contributed by atoms with E-state index in [0.29, 0.717) is 10.9 Å². The maximum Gasteiger partial charge on any atom is 0.424 e. The van der Waals surface area contributed by atoms with Crippen molar-refractivity contribution in [2.75, 3.05) is 18.9 Å². The van der Waals surface area contributed by atoms with E-state index in [2.05, 4.69) is 15.3 Å². The molecule has 41 heavy (non-hydrogen) atoms. The number of carbonyl (C=O) groups excluding carboxylic acids is 2. The second-order valence-electron chi connectivity index (χ2n) is 9.91. The number of amides is 2. The van der Waals surface area contributed by atoms with Gasteiger partial charge in [-0.25, -0.2) is 9.37 Å². The van der Waals surface area contributed by atoms with Crippen LogP contribution in [0, 0.1) is 5.82 Å². The number of benzene rings is 2. The van der Waals surface area contributed by atoms with Crippen molar-refractivity contribution < 1.29 is 37.0 Å². The van der Waals surface area contributed by atoms with Crippen LogP contribution in [0.25, 0.3) is 22.2 Å². The maximum absolute atomic E-state index is 14.6. The first kappa shape index (κ1) is 27.8. The van der Waals surface area contributed by atoms with Crippen LogP contribution in [0.2, 0.25) is 0 Å². The van der Waals surface area contributed by atoms with E-state index in [0.717, 1.165) is 18.2 Å². The Bertz CT molecular complexity index is 1700. The molecule has 0 unspecified atom stereocenters. The molecule has 2 aromatic heterocycles. The van der Waals surface area contributed by atoms with Gasteiger partial charge in [0.2, 0.25) is 11.5 Å². The van der Waals surface area contributed by atoms with Crippen molar-refractivity contribution in [1.82, 2.24) is 15.3 Å². The molecular weight excluding hydrogens is 546 g/mol. The molecule has 5 rings (SSSR count). The summed E-state index contributed by atoms with van der Waals surface area (Å²) in [6, 6.07) is 11.4. The molecule has 212 valence electrons. The highest BCUT2D eigenvalue weighted by atomic mass is 19.4. The average Bonchev–Trinajstić information content (AvgIpc) is 3.28. The first-order valence-electron chi connectivity index (χ1n) is 12.2. The Labute approximate surface area is 230 Å². The van der Waals surface area contributed by atoms with Crippen LogP contribution >= 0.6 is 0 Å². The monoisotopic (exact) mass is 569 g/mol. The predicted molar refractivity (Wildman–Crippen MR) is 140 cm³/mol. The number of rotatable bonds is 6. The molecule has 0 fully saturated rings. The predicted octanol–water partition coefficient (Wildman–Crippen LogP) is 3.33. The van der Waals surface area contributed by atoms with E-state index in [-0.39, 0.29) is 40.4 Å². The Morgan fingerprint density at radius 2 is 1.85 bits per heavy atom. The molecule has 2 amide bonds. The smallest absolute Gasteiger partial charge is 0.424 e. The molecule has 0 radical (unpaired) electrons. The lowest BCUT2D eigenvalue weighted by atomic mass is 9.81. The van der Waals surface area contributed by atoms with Crippen LogP contribution < -0.4 is 21.5 Å². The van der Waals surface area contributed by atoms with Crippen molar-refractivity contribution in [3.63, 3.8) is 0 Å². The Kier molecular flexibility index (Phi) is 6.57. The quantitative estimate of drug-likeness (QED) is 0.205. The first-order valence-corrected chi connectivity index (χ1v) is 12.2. The molecule has 6 N–H and O–H groups in total. The molecule has 2 aromatic carbocycles. The van der Waals surface area contributed by atoms with Crippen LogP contribution in [-0.4, -0.2) is 46.2 Å². The highest BCUT2D eigenvalue weighted by molar-refractivity contribution is 6.01. The van der Waals surface area contributed by atoms with Crippen LogP contribution in [0.15, 0.2) is 60.8 Å². The number of ether oxygens (including phenoxy) is 1. The van der Waals surface area contributed by atoms with E-state index in [9.17, 15) is 32.3 Å². The van der Waals surface area contributed by atoms with Gasteiger partial charge in [0.15, 0.2) is 0 Å². The fourth-order valence-electron chi connectivity index (χ4n) is 4.60. The molecule has 0 saturated carbocycles. The molecule has 0 saturated heterocycles. The Morgan fingerprint density at radius 3 is 2.51 bits per heavy atom. The van der Waals surface area contributed by atoms with E-state index in [4.69, 9.17) is 16.2 Å². The number of aromatic nitrogens is 2. The number of hydrogen-bond acceptors (Lipinski definition) is 7. The van der Waals surface area contributed by atoms with Gasteiger partial charge in [-0.3, -0.25) is 14.6 Å². The number of carbonyl (C=O) groups is 2. The summed E-state index contributed by atoms with van der Waals surface area (Å²) in [4.78, 5) is 33.5. The molecule has 0 aliphatic carbocycles. The number of hydrogen-bond donors (Lipinski definition) is 4. The van der Waals surface area contributed by atoms with Gasteiger partial charge in [-0.1, -0.05) is 6.07 Å². The standard InChI is InChI=1S/C28H23F4N5O4/c1-26(25(34)39)13-41-23-18(26)11-20(37-22(23)14-4-6-17(29)7-5-14)27(40,28(30,31)32)12-36-24(38)16-9-15-3-2-8-35-21(15)19(33)10-16/h2-11,40H,12-13,33H2,1H3,(H2,34,39)(H,36,38)/t26-,27-/m0/s1. The number of aliphatic hydroxyl groups is 1. The lowest BCUT2D eigenvalue weighted by molar-refractivity contribution is -0.265. The lowest BCUT2D eigenvalue weighted by Gasteiger charge is -2.31. The van der Waals surface area contributed by atoms with E-state index in [1.807, 2.05) is 0 Å². The van der Waals surface area contributed by atoms with Gasteiger partial charge in [0.1, 0.15) is 29.3 Å². The molecule has 0 bridgehead atoms. The summed E-state index contributed by atoms with van der Waals surface area (Å²) in [7, 11) is 0. The van der Waals surface area contributed by atoms with Crippen molar-refractivity contribution in [3.8, 4) is 17.0 Å². The summed E-state index contributed by atoms with van der Waals surface area (Å²) in [6.45, 7) is -0.258. The number of halogens is 4. The van der Waals surface area contributed by atoms with Gasteiger partial charge in [0, 0.05) is 28.3 Å². The summed E-state index contributed by atoms with van der Waals surface area (Å²) in [5.41, 5.74) is 5.75. The molecule has 3 heterocycles. The van der Waals surface area contributed by atoms with Gasteiger partial charge >= 0.3 is 6.18 Å². The van der Waals surface area contributed by atoms with Crippen LogP contribution in [0.3, 0.4) is 0 Å². The third kappa shape index (κ3) is 4.67. The summed E-state index contributed by atoms with van der Waals surface area (Å²) >= 11 is 0. The van der Waals surface area contributed by atoms with E-state index >= 15 is 0 Å². The minimum absolute atomic E-state index is 0.0320. The highest BCUT2D eigenvalue weighted by Crippen LogP contribution is 2.47. The van der Waals surface area contributed by atoms with Crippen molar-refractivity contribution in [3.05, 3.63) is 83.4 Å². The van der Waals surface area contributed by atoms with Crippen LogP contribution in [-0.2, 0) is 15.8 Å². The minimum atomic E-state index is -5.35. The number of nitrogens with one attached hydrogen (secondary N) is 1. The van der Waals surface area contributed by atoms with Gasteiger partial charge in [0.05, 0.1) is 23.4 Å². The molecule has 13 heteroatoms. The van der Waals surface area contributed by atoms with E-state index in [1.165, 1.54) is 37.4 Å². The summed E-state index contributed by atoms with van der Waals surface area (Å²) < 4.78 is 62.9. The summed E-state index contributed by atoms with van der Waals surface area (Å²) in [6.07, 6.45) is -3.85. The third-order valence-corrected chi connectivity index (χ3v) is 7.13. The molecule has 1 aliphatic rings. The van der Waals surface area contributed by atoms with Gasteiger partial charge in [0.25, 0.3) is 5.91 Å². The zero-order chi connectivity index (χ0) is 29.7. The van der Waals surface area contributed by atoms with Crippen LogP contribution in [0.5, 0.6) is 5.75 Å². The lowest BCUT2D eigenvalue weighted by Crippen LogP contribution is -2.51. The van der Waals surface area contributed by atoms with Gasteiger partial charge in [-0.15, -0.1) is 0 Å². The number of anilines is 1. The Balaban J connectivity index is 1.59. The van der Waals surface area contributed by atoms with Crippen molar-refractivity contribution in [1.29, 1.82) is 0 Å². The zero-order valence-electron chi connectivity index (χ0n) is 21.4. The van der Waals surface area contributed by atoms with Crippen molar-refractivity contribution in [2.24, 2.45) is 5.73 Å². The number of alkyl halides is 3. The molecule has 1 aliphatic heterocycles. The SMILES string of the molecule is C[C@]1(C(N)=O)COc2c1cc([C@@](O)(CNC(=O)c1cc(N)c3ncccc3c1)C(F)(F)F)nc2-c1ccc(F)cc1. The normalized spacial score (nSPS) is 17.9. The summed E-state index contributed by atoms with van der Waals surface area (Å²) in [5, 5.41) is 13.7. The second kappa shape index (κ2) is 9.70. The topological polar surface area (TPSA) is 153 Å². The van der Waals surface area contributed by atoms with Crippen molar-refractivity contribution >= 4 is 28.4 Å². The molecule has 4 aromatic rings. The number of fused-ring (bicyclic) bond motifs is 2. The Hall–Kier alpha value is -4.78. The average molecular weight is 570 g/mol. The number of primary amides is 1. The van der Waals surface area contributed by atoms with Crippen molar-refractivity contribution in [2.45, 2.75) is 24.1 Å². The van der Waals surface area contributed by atoms with E-state index < -0.39 is 47.1 Å². The molecular formula is C28H23F4N5O4. The number of nitrogens with two attached hydrogens (primary N) is 2. The third-order valence-electron chi connectivity index (χ3n) is 7.13. The zero-order valence-corrected chi connectivity index (χ0v) is 21.4. The minimum Gasteiger partial charge on any atom is -0.489 e. The molecule has 9 nitrogen and oxygen atoms in total. The maximum atomic E-state index is 14.6. The fraction of sp³-hybridized carbons (Fsp3) is 0.214. The van der Waals surface area contributed by atoms with Gasteiger partial charge < -0.3 is 26.6 Å². The van der Waals surface area contributed by atoms with E-state index in [1.54, 1.807) is 12.1 Å². The highest BCUT2D eigenvalue weighted by Gasteiger charge is 2.57. The summed E-state index contributed by atoms with van der Waals surface area (Å²) in [5.74, 6) is -2.47. The number of pyridine rings is 2. The van der Waals surface area contributed by atoms with Crippen LogP contribution in [0.1, 0.15) is 28.5 Å². The van der Waals surface area contributed by atoms with Crippen LogP contribution in [0.4, 0.5) is 23.2 Å². The number of nitrogen functional groups attached to an aromatic ring is 1. The molecule has 0 spiro atoms. The largest absolute Gasteiger partial charge is 0.489 e. The first-order chi connectivity index (χ1) is 19.2. The number of nitrogens with zero attached hydrogens (tertiary/aromatic N) is 2.